The molecule has 0 radical (unpaired) electrons. The molecule has 4 aliphatic rings. The third-order valence-corrected chi connectivity index (χ3v) is 5.64. The summed E-state index contributed by atoms with van der Waals surface area (Å²) >= 11 is 0. The first-order valence-corrected chi connectivity index (χ1v) is 7.63. The standard InChI is InChI=1S/C15H20N4O/c1-20-8-14-13(7-16)17-18-19(14)15-11-3-9-2-10(5-11)6-12(15)4-9/h9-12,15H,2-6,8H2,1H3. The Bertz CT molecular complexity index is 531. The van der Waals surface area contributed by atoms with Gasteiger partial charge in [0, 0.05) is 7.11 Å². The van der Waals surface area contributed by atoms with Crippen LogP contribution >= 0.6 is 0 Å². The van der Waals surface area contributed by atoms with Crippen molar-refractivity contribution in [3.63, 3.8) is 0 Å². The highest BCUT2D eigenvalue weighted by atomic mass is 16.5. The van der Waals surface area contributed by atoms with Gasteiger partial charge in [0.2, 0.25) is 0 Å². The monoisotopic (exact) mass is 272 g/mol. The number of aromatic nitrogens is 3. The van der Waals surface area contributed by atoms with E-state index in [4.69, 9.17) is 4.74 Å². The molecule has 0 atom stereocenters. The normalized spacial score (nSPS) is 38.1. The third-order valence-electron chi connectivity index (χ3n) is 5.64. The van der Waals surface area contributed by atoms with E-state index in [9.17, 15) is 5.26 Å². The minimum Gasteiger partial charge on any atom is -0.378 e. The highest BCUT2D eigenvalue weighted by Crippen LogP contribution is 2.58. The van der Waals surface area contributed by atoms with E-state index < -0.39 is 0 Å². The molecule has 5 nitrogen and oxygen atoms in total. The Morgan fingerprint density at radius 2 is 1.85 bits per heavy atom. The Morgan fingerprint density at radius 3 is 2.40 bits per heavy atom. The van der Waals surface area contributed by atoms with E-state index in [1.807, 2.05) is 4.68 Å². The SMILES string of the molecule is COCc1c(C#N)nnn1C1C2CC3CC(C2)CC1C3. The van der Waals surface area contributed by atoms with Gasteiger partial charge < -0.3 is 4.74 Å². The van der Waals surface area contributed by atoms with E-state index in [0.717, 1.165) is 29.4 Å². The van der Waals surface area contributed by atoms with Crippen LogP contribution in [0.3, 0.4) is 0 Å². The lowest BCUT2D eigenvalue weighted by molar-refractivity contribution is -0.0366. The lowest BCUT2D eigenvalue weighted by Gasteiger charge is -2.54. The zero-order valence-corrected chi connectivity index (χ0v) is 11.8. The van der Waals surface area contributed by atoms with Crippen LogP contribution < -0.4 is 0 Å². The van der Waals surface area contributed by atoms with Crippen LogP contribution in [0.15, 0.2) is 0 Å². The van der Waals surface area contributed by atoms with Crippen LogP contribution in [-0.2, 0) is 11.3 Å². The quantitative estimate of drug-likeness (QED) is 0.847. The molecule has 0 saturated heterocycles. The number of ether oxygens (including phenoxy) is 1. The zero-order valence-electron chi connectivity index (χ0n) is 11.8. The molecule has 0 N–H and O–H groups in total. The molecule has 0 amide bonds. The number of hydrogen-bond acceptors (Lipinski definition) is 4. The highest BCUT2D eigenvalue weighted by Gasteiger charge is 2.49. The van der Waals surface area contributed by atoms with E-state index in [1.54, 1.807) is 7.11 Å². The summed E-state index contributed by atoms with van der Waals surface area (Å²) in [4.78, 5) is 0. The van der Waals surface area contributed by atoms with E-state index >= 15 is 0 Å². The first kappa shape index (κ1) is 12.3. The van der Waals surface area contributed by atoms with Gasteiger partial charge in [0.25, 0.3) is 0 Å². The first-order chi connectivity index (χ1) is 9.80. The fraction of sp³-hybridized carbons (Fsp3) is 0.800. The maximum atomic E-state index is 9.19. The number of methoxy groups -OCH3 is 1. The van der Waals surface area contributed by atoms with Crippen molar-refractivity contribution in [1.82, 2.24) is 15.0 Å². The van der Waals surface area contributed by atoms with Gasteiger partial charge in [-0.1, -0.05) is 5.21 Å². The van der Waals surface area contributed by atoms with E-state index in [-0.39, 0.29) is 0 Å². The van der Waals surface area contributed by atoms with Gasteiger partial charge in [0.15, 0.2) is 5.69 Å². The second-order valence-electron chi connectivity index (χ2n) is 6.80. The van der Waals surface area contributed by atoms with Crippen LogP contribution in [0.4, 0.5) is 0 Å². The van der Waals surface area contributed by atoms with Crippen molar-refractivity contribution in [2.75, 3.05) is 7.11 Å². The largest absolute Gasteiger partial charge is 0.378 e. The van der Waals surface area contributed by atoms with Crippen molar-refractivity contribution in [1.29, 1.82) is 5.26 Å². The van der Waals surface area contributed by atoms with Crippen molar-refractivity contribution in [3.05, 3.63) is 11.4 Å². The Kier molecular flexibility index (Phi) is 2.81. The second kappa shape index (κ2) is 4.56. The average molecular weight is 272 g/mol. The van der Waals surface area contributed by atoms with Gasteiger partial charge in [-0.3, -0.25) is 0 Å². The molecule has 1 aromatic rings. The Morgan fingerprint density at radius 1 is 1.20 bits per heavy atom. The smallest absolute Gasteiger partial charge is 0.188 e. The van der Waals surface area contributed by atoms with Crippen molar-refractivity contribution >= 4 is 0 Å². The van der Waals surface area contributed by atoms with Gasteiger partial charge in [-0.15, -0.1) is 5.10 Å². The summed E-state index contributed by atoms with van der Waals surface area (Å²) in [5, 5.41) is 17.6. The fourth-order valence-electron chi connectivity index (χ4n) is 5.21. The molecular weight excluding hydrogens is 252 g/mol. The van der Waals surface area contributed by atoms with Gasteiger partial charge in [-0.25, -0.2) is 4.68 Å². The van der Waals surface area contributed by atoms with Crippen molar-refractivity contribution in [2.24, 2.45) is 23.7 Å². The summed E-state index contributed by atoms with van der Waals surface area (Å²) in [6.45, 7) is 0.429. The van der Waals surface area contributed by atoms with Gasteiger partial charge in [0.1, 0.15) is 11.8 Å². The van der Waals surface area contributed by atoms with Crippen LogP contribution in [0.5, 0.6) is 0 Å². The van der Waals surface area contributed by atoms with E-state index in [1.165, 1.54) is 32.1 Å². The first-order valence-electron chi connectivity index (χ1n) is 7.63. The van der Waals surface area contributed by atoms with E-state index in [2.05, 4.69) is 16.4 Å². The molecule has 4 fully saturated rings. The van der Waals surface area contributed by atoms with Crippen LogP contribution in [0.2, 0.25) is 0 Å². The van der Waals surface area contributed by atoms with Crippen LogP contribution in [0.25, 0.3) is 0 Å². The number of hydrogen-bond donors (Lipinski definition) is 0. The Hall–Kier alpha value is -1.41. The number of rotatable bonds is 3. The Labute approximate surface area is 118 Å². The molecule has 0 unspecified atom stereocenters. The molecule has 4 saturated carbocycles. The lowest BCUT2D eigenvalue weighted by Crippen LogP contribution is -2.46. The molecule has 1 aromatic heterocycles. The highest BCUT2D eigenvalue weighted by molar-refractivity contribution is 5.25. The molecule has 4 bridgehead atoms. The molecule has 0 aliphatic heterocycles. The summed E-state index contributed by atoms with van der Waals surface area (Å²) in [5.41, 5.74) is 1.30. The number of nitriles is 1. The molecule has 4 aliphatic carbocycles. The predicted octanol–water partition coefficient (Wildman–Crippen LogP) is 2.29. The number of nitrogens with zero attached hydrogens (tertiary/aromatic N) is 4. The lowest BCUT2D eigenvalue weighted by atomic mass is 9.54. The van der Waals surface area contributed by atoms with E-state index in [0.29, 0.717) is 18.3 Å². The van der Waals surface area contributed by atoms with Crippen molar-refractivity contribution in [2.45, 2.75) is 44.8 Å². The predicted molar refractivity (Wildman–Crippen MR) is 71.5 cm³/mol. The molecule has 106 valence electrons. The van der Waals surface area contributed by atoms with Gasteiger partial charge in [0.05, 0.1) is 12.6 Å². The summed E-state index contributed by atoms with van der Waals surface area (Å²) in [7, 11) is 1.66. The molecule has 0 spiro atoms. The summed E-state index contributed by atoms with van der Waals surface area (Å²) in [5.74, 6) is 3.35. The Balaban J connectivity index is 1.71. The summed E-state index contributed by atoms with van der Waals surface area (Å²) in [6, 6.07) is 2.60. The average Bonchev–Trinajstić information content (AvgIpc) is 2.81. The summed E-state index contributed by atoms with van der Waals surface area (Å²) in [6.07, 6.45) is 6.81. The summed E-state index contributed by atoms with van der Waals surface area (Å²) < 4.78 is 7.30. The maximum Gasteiger partial charge on any atom is 0.188 e. The maximum absolute atomic E-state index is 9.19. The topological polar surface area (TPSA) is 63.7 Å². The third kappa shape index (κ3) is 1.71. The molecule has 0 aromatic carbocycles. The van der Waals surface area contributed by atoms with Gasteiger partial charge in [-0.05, 0) is 55.8 Å². The van der Waals surface area contributed by atoms with Gasteiger partial charge in [-0.2, -0.15) is 5.26 Å². The van der Waals surface area contributed by atoms with Crippen LogP contribution in [0, 0.1) is 35.0 Å². The van der Waals surface area contributed by atoms with Crippen LogP contribution in [0.1, 0.15) is 49.5 Å². The minimum atomic E-state index is 0.429. The fourth-order valence-corrected chi connectivity index (χ4v) is 5.21. The van der Waals surface area contributed by atoms with Crippen molar-refractivity contribution in [3.8, 4) is 6.07 Å². The molecule has 5 rings (SSSR count). The molecule has 5 heteroatoms. The molecule has 1 heterocycles. The molecule has 20 heavy (non-hydrogen) atoms. The van der Waals surface area contributed by atoms with Crippen LogP contribution in [-0.4, -0.2) is 22.1 Å². The van der Waals surface area contributed by atoms with Gasteiger partial charge >= 0.3 is 0 Å². The zero-order chi connectivity index (χ0) is 13.7. The van der Waals surface area contributed by atoms with Crippen molar-refractivity contribution < 1.29 is 4.74 Å². The molecular formula is C15H20N4O. The second-order valence-corrected chi connectivity index (χ2v) is 6.80. The minimum absolute atomic E-state index is 0.429.